The lowest BCUT2D eigenvalue weighted by atomic mass is 9.94. The van der Waals surface area contributed by atoms with Crippen LogP contribution in [0.15, 0.2) is 60.7 Å². The molecule has 0 aromatic heterocycles. The van der Waals surface area contributed by atoms with Gasteiger partial charge in [-0.1, -0.05) is 60.7 Å². The highest BCUT2D eigenvalue weighted by Gasteiger charge is 2.40. The van der Waals surface area contributed by atoms with Crippen LogP contribution in [0.4, 0.5) is 4.79 Å². The van der Waals surface area contributed by atoms with E-state index in [0.29, 0.717) is 13.1 Å². The molecule has 1 aliphatic rings. The molecule has 1 fully saturated rings. The molecule has 1 atom stereocenters. The number of hydrogen-bond donors (Lipinski definition) is 0. The fourth-order valence-corrected chi connectivity index (χ4v) is 3.89. The summed E-state index contributed by atoms with van der Waals surface area (Å²) < 4.78 is 10.9. The third kappa shape index (κ3) is 5.85. The molecule has 0 aliphatic carbocycles. The number of esters is 1. The normalized spacial score (nSPS) is 17.5. The van der Waals surface area contributed by atoms with Crippen LogP contribution in [-0.2, 0) is 14.3 Å². The first-order chi connectivity index (χ1) is 14.8. The van der Waals surface area contributed by atoms with Crippen LogP contribution in [0.25, 0.3) is 0 Å². The Morgan fingerprint density at radius 1 is 0.968 bits per heavy atom. The van der Waals surface area contributed by atoms with Crippen LogP contribution in [0.3, 0.4) is 0 Å². The van der Waals surface area contributed by atoms with Crippen molar-refractivity contribution in [1.29, 1.82) is 0 Å². The largest absolute Gasteiger partial charge is 0.465 e. The van der Waals surface area contributed by atoms with Gasteiger partial charge in [-0.15, -0.1) is 0 Å². The number of carbonyl (C=O) groups is 2. The number of piperazine rings is 1. The van der Waals surface area contributed by atoms with E-state index in [1.807, 2.05) is 57.2 Å². The van der Waals surface area contributed by atoms with Crippen LogP contribution >= 0.6 is 0 Å². The molecule has 1 saturated heterocycles. The van der Waals surface area contributed by atoms with E-state index in [2.05, 4.69) is 29.2 Å². The summed E-state index contributed by atoms with van der Waals surface area (Å²) in [5.41, 5.74) is 1.59. The monoisotopic (exact) mass is 424 g/mol. The second-order valence-corrected chi connectivity index (χ2v) is 8.66. The van der Waals surface area contributed by atoms with Crippen LogP contribution in [-0.4, -0.2) is 59.7 Å². The molecule has 166 valence electrons. The zero-order valence-electron chi connectivity index (χ0n) is 18.8. The molecular formula is C25H32N2O4. The summed E-state index contributed by atoms with van der Waals surface area (Å²) in [6.07, 6.45) is -0.405. The molecular weight excluding hydrogens is 392 g/mol. The molecule has 6 heteroatoms. The van der Waals surface area contributed by atoms with Crippen molar-refractivity contribution >= 4 is 12.1 Å². The van der Waals surface area contributed by atoms with Gasteiger partial charge in [0.1, 0.15) is 11.6 Å². The van der Waals surface area contributed by atoms with E-state index in [1.54, 1.807) is 11.8 Å². The van der Waals surface area contributed by atoms with Gasteiger partial charge >= 0.3 is 12.1 Å². The van der Waals surface area contributed by atoms with Crippen molar-refractivity contribution in [1.82, 2.24) is 9.80 Å². The first-order valence-electron chi connectivity index (χ1n) is 10.8. The number of amides is 1. The maximum Gasteiger partial charge on any atom is 0.410 e. The number of rotatable bonds is 5. The van der Waals surface area contributed by atoms with Crippen LogP contribution < -0.4 is 0 Å². The Morgan fingerprint density at radius 3 is 2.00 bits per heavy atom. The van der Waals surface area contributed by atoms with E-state index in [4.69, 9.17) is 9.47 Å². The van der Waals surface area contributed by atoms with Gasteiger partial charge in [0, 0.05) is 13.1 Å². The SMILES string of the molecule is CCOC(=O)C1CN(C(=O)OC(C)(C)C)CCN1C(c1ccccc1)c1ccccc1. The molecule has 1 aliphatic heterocycles. The van der Waals surface area contributed by atoms with Crippen molar-refractivity contribution in [2.45, 2.75) is 45.4 Å². The lowest BCUT2D eigenvalue weighted by Gasteiger charge is -2.44. The molecule has 0 saturated carbocycles. The van der Waals surface area contributed by atoms with Crippen molar-refractivity contribution in [3.8, 4) is 0 Å². The van der Waals surface area contributed by atoms with Gasteiger partial charge in [0.15, 0.2) is 0 Å². The number of benzene rings is 2. The van der Waals surface area contributed by atoms with Gasteiger partial charge in [-0.2, -0.15) is 0 Å². The molecule has 2 aromatic carbocycles. The zero-order chi connectivity index (χ0) is 22.4. The Kier molecular flexibility index (Phi) is 7.33. The topological polar surface area (TPSA) is 59.1 Å². The minimum absolute atomic E-state index is 0.127. The summed E-state index contributed by atoms with van der Waals surface area (Å²) >= 11 is 0. The van der Waals surface area contributed by atoms with E-state index in [-0.39, 0.29) is 25.2 Å². The Labute approximate surface area is 184 Å². The van der Waals surface area contributed by atoms with Gasteiger partial charge < -0.3 is 14.4 Å². The van der Waals surface area contributed by atoms with Gasteiger partial charge in [-0.05, 0) is 38.8 Å². The molecule has 1 heterocycles. The number of ether oxygens (including phenoxy) is 2. The molecule has 0 radical (unpaired) electrons. The van der Waals surface area contributed by atoms with E-state index in [9.17, 15) is 9.59 Å². The van der Waals surface area contributed by atoms with Gasteiger partial charge in [0.05, 0.1) is 19.2 Å². The predicted octanol–water partition coefficient (Wildman–Crippen LogP) is 4.26. The highest BCUT2D eigenvalue weighted by molar-refractivity contribution is 5.78. The lowest BCUT2D eigenvalue weighted by Crippen LogP contribution is -2.59. The van der Waals surface area contributed by atoms with Crippen LogP contribution in [0, 0.1) is 0 Å². The molecule has 1 unspecified atom stereocenters. The van der Waals surface area contributed by atoms with Gasteiger partial charge in [0.25, 0.3) is 0 Å². The number of nitrogens with zero attached hydrogens (tertiary/aromatic N) is 2. The van der Waals surface area contributed by atoms with E-state index in [1.165, 1.54) is 0 Å². The number of carbonyl (C=O) groups excluding carboxylic acids is 2. The molecule has 0 N–H and O–H groups in total. The minimum atomic E-state index is -0.593. The van der Waals surface area contributed by atoms with Crippen LogP contribution in [0.5, 0.6) is 0 Å². The molecule has 2 aromatic rings. The lowest BCUT2D eigenvalue weighted by molar-refractivity contribution is -0.152. The van der Waals surface area contributed by atoms with Gasteiger partial charge in [0.2, 0.25) is 0 Å². The summed E-state index contributed by atoms with van der Waals surface area (Å²) in [6, 6.07) is 19.5. The molecule has 3 rings (SSSR count). The van der Waals surface area contributed by atoms with Crippen molar-refractivity contribution in [2.75, 3.05) is 26.2 Å². The minimum Gasteiger partial charge on any atom is -0.465 e. The molecule has 0 spiro atoms. The third-order valence-corrected chi connectivity index (χ3v) is 5.19. The van der Waals surface area contributed by atoms with Crippen LogP contribution in [0.1, 0.15) is 44.9 Å². The van der Waals surface area contributed by atoms with Gasteiger partial charge in [-0.3, -0.25) is 9.69 Å². The molecule has 31 heavy (non-hydrogen) atoms. The third-order valence-electron chi connectivity index (χ3n) is 5.19. The van der Waals surface area contributed by atoms with Crippen molar-refractivity contribution < 1.29 is 19.1 Å². The van der Waals surface area contributed by atoms with E-state index < -0.39 is 17.7 Å². The summed E-state index contributed by atoms with van der Waals surface area (Å²) in [7, 11) is 0. The Hall–Kier alpha value is -2.86. The van der Waals surface area contributed by atoms with Crippen molar-refractivity contribution in [2.24, 2.45) is 0 Å². The maximum atomic E-state index is 13.0. The predicted molar refractivity (Wildman–Crippen MR) is 120 cm³/mol. The van der Waals surface area contributed by atoms with Gasteiger partial charge in [-0.25, -0.2) is 4.79 Å². The second-order valence-electron chi connectivity index (χ2n) is 8.66. The molecule has 6 nitrogen and oxygen atoms in total. The van der Waals surface area contributed by atoms with E-state index in [0.717, 1.165) is 11.1 Å². The average molecular weight is 425 g/mol. The quantitative estimate of drug-likeness (QED) is 0.671. The Bertz CT molecular complexity index is 825. The summed E-state index contributed by atoms with van der Waals surface area (Å²) in [4.78, 5) is 29.4. The van der Waals surface area contributed by atoms with Crippen LogP contribution in [0.2, 0.25) is 0 Å². The fourth-order valence-electron chi connectivity index (χ4n) is 3.89. The van der Waals surface area contributed by atoms with Crippen molar-refractivity contribution in [3.63, 3.8) is 0 Å². The molecule has 0 bridgehead atoms. The first-order valence-corrected chi connectivity index (χ1v) is 10.8. The standard InChI is InChI=1S/C25H32N2O4/c1-5-30-23(28)21-18-26(24(29)31-25(2,3)4)16-17-27(21)22(19-12-8-6-9-13-19)20-14-10-7-11-15-20/h6-15,21-22H,5,16-18H2,1-4H3. The smallest absolute Gasteiger partial charge is 0.410 e. The molecule has 1 amide bonds. The second kappa shape index (κ2) is 9.96. The average Bonchev–Trinajstić information content (AvgIpc) is 2.74. The number of hydrogen-bond acceptors (Lipinski definition) is 5. The summed E-state index contributed by atoms with van der Waals surface area (Å²) in [5.74, 6) is -0.326. The Balaban J connectivity index is 1.94. The van der Waals surface area contributed by atoms with E-state index >= 15 is 0 Å². The Morgan fingerprint density at radius 2 is 1.52 bits per heavy atom. The highest BCUT2D eigenvalue weighted by Crippen LogP contribution is 2.32. The summed E-state index contributed by atoms with van der Waals surface area (Å²) in [5, 5.41) is 0. The van der Waals surface area contributed by atoms with Crippen molar-refractivity contribution in [3.05, 3.63) is 71.8 Å². The summed E-state index contributed by atoms with van der Waals surface area (Å²) in [6.45, 7) is 8.82. The highest BCUT2D eigenvalue weighted by atomic mass is 16.6. The zero-order valence-corrected chi connectivity index (χ0v) is 18.8. The first kappa shape index (κ1) is 22.8. The fraction of sp³-hybridized carbons (Fsp3) is 0.440. The maximum absolute atomic E-state index is 13.0.